The molecule has 0 radical (unpaired) electrons. The fraction of sp³-hybridized carbons (Fsp3) is 0.667. The summed E-state index contributed by atoms with van der Waals surface area (Å²) in [7, 11) is 0. The third-order valence-electron chi connectivity index (χ3n) is 0.373. The Labute approximate surface area is 45.4 Å². The van der Waals surface area contributed by atoms with Crippen molar-refractivity contribution in [2.45, 2.75) is 6.92 Å². The van der Waals surface area contributed by atoms with Crippen molar-refractivity contribution in [1.82, 2.24) is 0 Å². The number of hydrogen-bond donors (Lipinski definition) is 0. The van der Waals surface area contributed by atoms with E-state index in [0.717, 1.165) is 6.92 Å². The molecule has 0 unspecified atom stereocenters. The van der Waals surface area contributed by atoms with Gasteiger partial charge in [0.15, 0.2) is 0 Å². The highest BCUT2D eigenvalue weighted by atomic mass is 16.7. The predicted octanol–water partition coefficient (Wildman–Crippen LogP) is -0.216. The molecule has 5 heteroatoms. The lowest BCUT2D eigenvalue weighted by Crippen LogP contribution is -2.08. The van der Waals surface area contributed by atoms with Crippen LogP contribution in [-0.2, 0) is 9.53 Å². The average molecular weight is 119 g/mol. The Morgan fingerprint density at radius 2 is 2.38 bits per heavy atom. The van der Waals surface area contributed by atoms with Gasteiger partial charge in [0.2, 0.25) is 0 Å². The third-order valence-corrected chi connectivity index (χ3v) is 0.373. The zero-order valence-electron chi connectivity index (χ0n) is 4.29. The van der Waals surface area contributed by atoms with Gasteiger partial charge in [-0.25, -0.2) is 0 Å². The Kier molecular flexibility index (Phi) is 2.53. The average Bonchev–Trinajstić information content (AvgIpc) is 1.61. The molecule has 0 heterocycles. The minimum absolute atomic E-state index is 0.637. The van der Waals surface area contributed by atoms with Crippen LogP contribution < -0.4 is 0 Å². The maximum Gasteiger partial charge on any atom is 0.346 e. The zero-order chi connectivity index (χ0) is 6.57. The summed E-state index contributed by atoms with van der Waals surface area (Å²) in [6.45, 7) is 0.374. The lowest BCUT2D eigenvalue weighted by atomic mass is 10.8. The van der Waals surface area contributed by atoms with E-state index in [1.54, 1.807) is 0 Å². The van der Waals surface area contributed by atoms with E-state index >= 15 is 0 Å². The van der Waals surface area contributed by atoms with Crippen LogP contribution in [0.5, 0.6) is 0 Å². The molecule has 0 fully saturated rings. The topological polar surface area (TPSA) is 69.4 Å². The number of ether oxygens (including phenoxy) is 1. The van der Waals surface area contributed by atoms with E-state index < -0.39 is 17.6 Å². The lowest BCUT2D eigenvalue weighted by Gasteiger charge is -1.90. The molecule has 0 aliphatic carbocycles. The molecule has 0 aromatic heterocycles. The first-order valence-corrected chi connectivity index (χ1v) is 1.88. The van der Waals surface area contributed by atoms with Gasteiger partial charge in [-0.2, -0.15) is 0 Å². The van der Waals surface area contributed by atoms with Crippen LogP contribution in [0.15, 0.2) is 0 Å². The molecule has 0 bridgehead atoms. The highest BCUT2D eigenvalue weighted by Gasteiger charge is 1.96. The number of rotatable bonds is 2. The molecule has 0 aliphatic heterocycles. The Hall–Kier alpha value is -1.13. The summed E-state index contributed by atoms with van der Waals surface area (Å²) < 4.78 is 3.97. The first-order valence-electron chi connectivity index (χ1n) is 1.88. The standard InChI is InChI=1S/C3H5NO4/c1-3(5)8-2-4(6)7/h2H2,1H3. The van der Waals surface area contributed by atoms with Crippen molar-refractivity contribution in [2.24, 2.45) is 0 Å². The number of nitrogens with zero attached hydrogens (tertiary/aromatic N) is 1. The van der Waals surface area contributed by atoms with Gasteiger partial charge in [0.1, 0.15) is 0 Å². The molecule has 8 heavy (non-hydrogen) atoms. The number of esters is 1. The molecule has 0 aliphatic rings. The van der Waals surface area contributed by atoms with Crippen LogP contribution in [0.3, 0.4) is 0 Å². The van der Waals surface area contributed by atoms with Crippen LogP contribution in [0, 0.1) is 10.1 Å². The van der Waals surface area contributed by atoms with Gasteiger partial charge in [0.05, 0.1) is 4.92 Å². The van der Waals surface area contributed by atoms with Crippen LogP contribution in [0.2, 0.25) is 0 Å². The Bertz CT molecular complexity index is 95.9. The van der Waals surface area contributed by atoms with E-state index in [2.05, 4.69) is 4.74 Å². The smallest absolute Gasteiger partial charge is 0.346 e. The number of hydrogen-bond acceptors (Lipinski definition) is 4. The second-order valence-electron chi connectivity index (χ2n) is 1.10. The fourth-order valence-electron chi connectivity index (χ4n) is 0.144. The summed E-state index contributed by atoms with van der Waals surface area (Å²) in [5.74, 6) is -0.637. The molecular weight excluding hydrogens is 114 g/mol. The van der Waals surface area contributed by atoms with E-state index in [-0.39, 0.29) is 0 Å². The van der Waals surface area contributed by atoms with Gasteiger partial charge in [0.25, 0.3) is 0 Å². The van der Waals surface area contributed by atoms with E-state index in [0.29, 0.717) is 0 Å². The summed E-state index contributed by atoms with van der Waals surface area (Å²) >= 11 is 0. The van der Waals surface area contributed by atoms with Crippen molar-refractivity contribution in [3.05, 3.63) is 10.1 Å². The van der Waals surface area contributed by atoms with Crippen LogP contribution >= 0.6 is 0 Å². The van der Waals surface area contributed by atoms with Crippen molar-refractivity contribution >= 4 is 5.97 Å². The molecule has 0 amide bonds. The summed E-state index contributed by atoms with van der Waals surface area (Å²) in [5.41, 5.74) is 0. The maximum absolute atomic E-state index is 9.82. The normalized spacial score (nSPS) is 8.12. The summed E-state index contributed by atoms with van der Waals surface area (Å²) in [5, 5.41) is 9.43. The SMILES string of the molecule is CC(=O)OC[N+](=O)[O-]. The number of carbonyl (C=O) groups is 1. The van der Waals surface area contributed by atoms with Gasteiger partial charge in [-0.1, -0.05) is 0 Å². The fourth-order valence-corrected chi connectivity index (χ4v) is 0.144. The largest absolute Gasteiger partial charge is 0.400 e. The van der Waals surface area contributed by atoms with E-state index in [1.165, 1.54) is 0 Å². The molecule has 46 valence electrons. The molecule has 0 spiro atoms. The molecule has 0 aromatic carbocycles. The van der Waals surface area contributed by atoms with Crippen LogP contribution in [-0.4, -0.2) is 17.6 Å². The highest BCUT2D eigenvalue weighted by molar-refractivity contribution is 5.65. The van der Waals surface area contributed by atoms with Gasteiger partial charge in [-0.05, 0) is 0 Å². The van der Waals surface area contributed by atoms with Gasteiger partial charge < -0.3 is 4.74 Å². The second-order valence-corrected chi connectivity index (χ2v) is 1.10. The maximum atomic E-state index is 9.82. The Morgan fingerprint density at radius 3 is 2.50 bits per heavy atom. The Morgan fingerprint density at radius 1 is 1.88 bits per heavy atom. The van der Waals surface area contributed by atoms with E-state index in [4.69, 9.17) is 0 Å². The highest BCUT2D eigenvalue weighted by Crippen LogP contribution is 1.74. The number of carbonyl (C=O) groups excluding carboxylic acids is 1. The molecule has 0 atom stereocenters. The Balaban J connectivity index is 3.18. The van der Waals surface area contributed by atoms with Crippen LogP contribution in [0.25, 0.3) is 0 Å². The zero-order valence-corrected chi connectivity index (χ0v) is 4.29. The van der Waals surface area contributed by atoms with Crippen molar-refractivity contribution in [3.8, 4) is 0 Å². The molecular formula is C3H5NO4. The van der Waals surface area contributed by atoms with Crippen molar-refractivity contribution < 1.29 is 14.5 Å². The predicted molar refractivity (Wildman–Crippen MR) is 23.6 cm³/mol. The summed E-state index contributed by atoms with van der Waals surface area (Å²) in [6, 6.07) is 0. The van der Waals surface area contributed by atoms with Crippen molar-refractivity contribution in [1.29, 1.82) is 0 Å². The summed E-state index contributed by atoms with van der Waals surface area (Å²) in [4.78, 5) is 18.5. The molecule has 5 nitrogen and oxygen atoms in total. The first kappa shape index (κ1) is 6.87. The molecule has 0 saturated heterocycles. The lowest BCUT2D eigenvalue weighted by molar-refractivity contribution is -0.518. The van der Waals surface area contributed by atoms with E-state index in [1.807, 2.05) is 0 Å². The first-order chi connectivity index (χ1) is 3.63. The van der Waals surface area contributed by atoms with Crippen molar-refractivity contribution in [2.75, 3.05) is 6.73 Å². The van der Waals surface area contributed by atoms with Gasteiger partial charge >= 0.3 is 12.7 Å². The molecule has 0 rings (SSSR count). The number of nitro groups is 1. The van der Waals surface area contributed by atoms with Gasteiger partial charge in [0, 0.05) is 6.92 Å². The minimum Gasteiger partial charge on any atom is -0.400 e. The molecule has 0 saturated carbocycles. The van der Waals surface area contributed by atoms with Crippen molar-refractivity contribution in [3.63, 3.8) is 0 Å². The minimum atomic E-state index is -0.741. The summed E-state index contributed by atoms with van der Waals surface area (Å²) in [6.07, 6.45) is 0. The quantitative estimate of drug-likeness (QED) is 0.218. The third kappa shape index (κ3) is 4.87. The molecule has 0 aromatic rings. The monoisotopic (exact) mass is 119 g/mol. The second kappa shape index (κ2) is 2.95. The molecule has 0 N–H and O–H groups in total. The van der Waals surface area contributed by atoms with Crippen LogP contribution in [0.4, 0.5) is 0 Å². The van der Waals surface area contributed by atoms with Crippen LogP contribution in [0.1, 0.15) is 6.92 Å². The van der Waals surface area contributed by atoms with E-state index in [9.17, 15) is 14.9 Å². The van der Waals surface area contributed by atoms with Gasteiger partial charge in [-0.15, -0.1) is 0 Å². The van der Waals surface area contributed by atoms with Gasteiger partial charge in [-0.3, -0.25) is 14.9 Å².